The summed E-state index contributed by atoms with van der Waals surface area (Å²) in [4.78, 5) is 1.30. The summed E-state index contributed by atoms with van der Waals surface area (Å²) in [6.07, 6.45) is 10.2. The first-order valence-corrected chi connectivity index (χ1v) is 4.22. The van der Waals surface area contributed by atoms with Gasteiger partial charge in [-0.15, -0.1) is 12.6 Å². The summed E-state index contributed by atoms with van der Waals surface area (Å²) >= 11 is 4.34. The van der Waals surface area contributed by atoms with E-state index in [0.717, 1.165) is 0 Å². The van der Waals surface area contributed by atoms with Gasteiger partial charge in [0.25, 0.3) is 0 Å². The highest BCUT2D eigenvalue weighted by Crippen LogP contribution is 2.18. The van der Waals surface area contributed by atoms with Gasteiger partial charge in [0.2, 0.25) is 0 Å². The fourth-order valence-electron chi connectivity index (χ4n) is 1.17. The molecule has 0 bridgehead atoms. The van der Waals surface area contributed by atoms with Crippen LogP contribution in [-0.2, 0) is 0 Å². The van der Waals surface area contributed by atoms with Gasteiger partial charge in [-0.1, -0.05) is 18.9 Å². The second-order valence-corrected chi connectivity index (χ2v) is 3.22. The van der Waals surface area contributed by atoms with Crippen molar-refractivity contribution in [3.63, 3.8) is 0 Å². The number of hydrogen-bond donors (Lipinski definition) is 1. The summed E-state index contributed by atoms with van der Waals surface area (Å²) in [6.45, 7) is 0. The van der Waals surface area contributed by atoms with E-state index in [1.54, 1.807) is 0 Å². The van der Waals surface area contributed by atoms with Crippen molar-refractivity contribution in [2.24, 2.45) is 0 Å². The molecular formula is C8H14S. The van der Waals surface area contributed by atoms with Gasteiger partial charge in [-0.05, 0) is 30.6 Å². The molecule has 0 nitrogen and oxygen atoms in total. The Balaban J connectivity index is 2.32. The lowest BCUT2D eigenvalue weighted by atomic mass is 10.1. The highest BCUT2D eigenvalue weighted by atomic mass is 32.1. The fourth-order valence-corrected chi connectivity index (χ4v) is 1.46. The Morgan fingerprint density at radius 1 is 1.11 bits per heavy atom. The molecule has 0 aliphatic heterocycles. The molecule has 0 saturated carbocycles. The first kappa shape index (κ1) is 7.20. The van der Waals surface area contributed by atoms with Gasteiger partial charge in [-0.25, -0.2) is 0 Å². The molecule has 0 fully saturated rings. The standard InChI is InChI=1S/C8H14S/c9-8-6-4-2-1-3-5-7-8/h6,9H,1-5,7H2/b8-6+. The normalized spacial score (nSPS) is 27.9. The molecule has 1 rings (SSSR count). The minimum absolute atomic E-state index is 1.21. The van der Waals surface area contributed by atoms with Gasteiger partial charge in [-0.2, -0.15) is 0 Å². The van der Waals surface area contributed by atoms with Crippen molar-refractivity contribution in [2.45, 2.75) is 38.5 Å². The van der Waals surface area contributed by atoms with E-state index < -0.39 is 0 Å². The zero-order valence-corrected chi connectivity index (χ0v) is 6.66. The summed E-state index contributed by atoms with van der Waals surface area (Å²) in [5, 5.41) is 0. The van der Waals surface area contributed by atoms with Crippen LogP contribution in [0.5, 0.6) is 0 Å². The predicted octanol–water partition coefficient (Wildman–Crippen LogP) is 3.15. The van der Waals surface area contributed by atoms with Gasteiger partial charge in [0.05, 0.1) is 0 Å². The van der Waals surface area contributed by atoms with Crippen molar-refractivity contribution in [2.75, 3.05) is 0 Å². The second kappa shape index (κ2) is 3.99. The lowest BCUT2D eigenvalue weighted by Crippen LogP contribution is -1.84. The van der Waals surface area contributed by atoms with Gasteiger partial charge >= 0.3 is 0 Å². The predicted molar refractivity (Wildman–Crippen MR) is 44.8 cm³/mol. The van der Waals surface area contributed by atoms with Crippen LogP contribution in [0.25, 0.3) is 0 Å². The molecule has 1 aliphatic carbocycles. The molecule has 0 spiro atoms. The second-order valence-electron chi connectivity index (χ2n) is 2.65. The maximum Gasteiger partial charge on any atom is -0.0224 e. The minimum atomic E-state index is 1.21. The maximum atomic E-state index is 4.34. The van der Waals surface area contributed by atoms with Crippen LogP contribution in [0.3, 0.4) is 0 Å². The van der Waals surface area contributed by atoms with Gasteiger partial charge in [0.15, 0.2) is 0 Å². The van der Waals surface area contributed by atoms with Gasteiger partial charge in [-0.3, -0.25) is 0 Å². The van der Waals surface area contributed by atoms with Crippen LogP contribution in [0.1, 0.15) is 38.5 Å². The maximum absolute atomic E-state index is 4.34. The van der Waals surface area contributed by atoms with Crippen molar-refractivity contribution in [1.82, 2.24) is 0 Å². The SMILES string of the molecule is S/C1=C/CCCCCC1. The third-order valence-electron chi connectivity index (χ3n) is 1.77. The van der Waals surface area contributed by atoms with E-state index in [0.29, 0.717) is 0 Å². The van der Waals surface area contributed by atoms with Crippen molar-refractivity contribution in [3.05, 3.63) is 11.0 Å². The Bertz CT molecular complexity index is 105. The molecule has 0 amide bonds. The van der Waals surface area contributed by atoms with Crippen LogP contribution in [-0.4, -0.2) is 0 Å². The van der Waals surface area contributed by atoms with Crippen molar-refractivity contribution in [3.8, 4) is 0 Å². The number of rotatable bonds is 0. The molecule has 1 heteroatoms. The molecule has 0 N–H and O–H groups in total. The minimum Gasteiger partial charge on any atom is -0.148 e. The molecule has 0 aromatic rings. The Morgan fingerprint density at radius 2 is 1.89 bits per heavy atom. The van der Waals surface area contributed by atoms with Crippen molar-refractivity contribution in [1.29, 1.82) is 0 Å². The summed E-state index contributed by atoms with van der Waals surface area (Å²) in [7, 11) is 0. The van der Waals surface area contributed by atoms with Gasteiger partial charge in [0.1, 0.15) is 0 Å². The Morgan fingerprint density at radius 3 is 2.78 bits per heavy atom. The number of allylic oxidation sites excluding steroid dienone is 2. The highest BCUT2D eigenvalue weighted by molar-refractivity contribution is 7.84. The molecule has 0 unspecified atom stereocenters. The Labute approximate surface area is 62.8 Å². The number of thiol groups is 1. The van der Waals surface area contributed by atoms with E-state index in [1.165, 1.54) is 43.4 Å². The van der Waals surface area contributed by atoms with Gasteiger partial charge < -0.3 is 0 Å². The fraction of sp³-hybridized carbons (Fsp3) is 0.750. The van der Waals surface area contributed by atoms with Gasteiger partial charge in [0, 0.05) is 0 Å². The Kier molecular flexibility index (Phi) is 3.20. The smallest absolute Gasteiger partial charge is 0.0224 e. The van der Waals surface area contributed by atoms with Crippen LogP contribution in [0, 0.1) is 0 Å². The van der Waals surface area contributed by atoms with Crippen LogP contribution in [0.2, 0.25) is 0 Å². The number of hydrogen-bond acceptors (Lipinski definition) is 1. The molecule has 0 radical (unpaired) electrons. The topological polar surface area (TPSA) is 0 Å². The van der Waals surface area contributed by atoms with E-state index in [1.807, 2.05) is 0 Å². The molecule has 0 saturated heterocycles. The molecule has 0 aromatic carbocycles. The monoisotopic (exact) mass is 142 g/mol. The first-order valence-electron chi connectivity index (χ1n) is 3.77. The molecular weight excluding hydrogens is 128 g/mol. The van der Waals surface area contributed by atoms with E-state index >= 15 is 0 Å². The van der Waals surface area contributed by atoms with Crippen molar-refractivity contribution >= 4 is 12.6 Å². The largest absolute Gasteiger partial charge is 0.148 e. The zero-order valence-electron chi connectivity index (χ0n) is 5.77. The lowest BCUT2D eigenvalue weighted by Gasteiger charge is -2.04. The van der Waals surface area contributed by atoms with Crippen molar-refractivity contribution < 1.29 is 0 Å². The first-order chi connectivity index (χ1) is 4.39. The van der Waals surface area contributed by atoms with E-state index in [-0.39, 0.29) is 0 Å². The van der Waals surface area contributed by atoms with E-state index in [4.69, 9.17) is 0 Å². The van der Waals surface area contributed by atoms with Crippen LogP contribution in [0.15, 0.2) is 11.0 Å². The molecule has 1 aliphatic rings. The van der Waals surface area contributed by atoms with Crippen LogP contribution < -0.4 is 0 Å². The molecule has 52 valence electrons. The molecule has 0 atom stereocenters. The third-order valence-corrected chi connectivity index (χ3v) is 2.17. The quantitative estimate of drug-likeness (QED) is 0.493. The van der Waals surface area contributed by atoms with E-state index in [9.17, 15) is 0 Å². The summed E-state index contributed by atoms with van der Waals surface area (Å²) in [6, 6.07) is 0. The lowest BCUT2D eigenvalue weighted by molar-refractivity contribution is 0.635. The summed E-state index contributed by atoms with van der Waals surface area (Å²) in [5.41, 5.74) is 0. The molecule has 0 heterocycles. The summed E-state index contributed by atoms with van der Waals surface area (Å²) in [5.74, 6) is 0. The van der Waals surface area contributed by atoms with E-state index in [2.05, 4.69) is 18.7 Å². The molecule has 0 aromatic heterocycles. The van der Waals surface area contributed by atoms with Crippen LogP contribution in [0.4, 0.5) is 0 Å². The highest BCUT2D eigenvalue weighted by Gasteiger charge is 1.96. The summed E-state index contributed by atoms with van der Waals surface area (Å²) < 4.78 is 0. The zero-order chi connectivity index (χ0) is 6.53. The third kappa shape index (κ3) is 2.95. The Hall–Kier alpha value is 0.0900. The van der Waals surface area contributed by atoms with Crippen LogP contribution >= 0.6 is 12.6 Å². The molecule has 9 heavy (non-hydrogen) atoms. The average molecular weight is 142 g/mol. The average Bonchev–Trinajstić information content (AvgIpc) is 1.79.